The van der Waals surface area contributed by atoms with Gasteiger partial charge in [0.1, 0.15) is 5.67 Å². The zero-order valence-corrected chi connectivity index (χ0v) is 10.5. The third kappa shape index (κ3) is 4.43. The van der Waals surface area contributed by atoms with Gasteiger partial charge in [-0.15, -0.1) is 0 Å². The van der Waals surface area contributed by atoms with Crippen molar-refractivity contribution in [1.29, 1.82) is 0 Å². The Morgan fingerprint density at radius 3 is 2.29 bits per heavy atom. The van der Waals surface area contributed by atoms with Crippen LogP contribution in [0.3, 0.4) is 0 Å². The van der Waals surface area contributed by atoms with Crippen LogP contribution in [0.15, 0.2) is 48.7 Å². The number of rotatable bonds is 5. The topological polar surface area (TPSA) is 26.0 Å². The largest absolute Gasteiger partial charge is 0.405 e. The molecule has 0 spiro atoms. The molecule has 1 nitrogen and oxygen atoms in total. The smallest absolute Gasteiger partial charge is 0.126 e. The van der Waals surface area contributed by atoms with Crippen LogP contribution in [0.2, 0.25) is 0 Å². The highest BCUT2D eigenvalue weighted by molar-refractivity contribution is 5.28. The second-order valence-corrected chi connectivity index (χ2v) is 4.70. The maximum absolute atomic E-state index is 13.6. The zero-order valence-electron chi connectivity index (χ0n) is 10.5. The summed E-state index contributed by atoms with van der Waals surface area (Å²) in [5.41, 5.74) is 6.85. The van der Waals surface area contributed by atoms with Crippen molar-refractivity contribution >= 4 is 0 Å². The lowest BCUT2D eigenvalue weighted by Crippen LogP contribution is -2.16. The van der Waals surface area contributed by atoms with Gasteiger partial charge in [-0.3, -0.25) is 0 Å². The fourth-order valence-electron chi connectivity index (χ4n) is 1.45. The first-order chi connectivity index (χ1) is 7.93. The fourth-order valence-corrected chi connectivity index (χ4v) is 1.45. The van der Waals surface area contributed by atoms with Crippen molar-refractivity contribution in [3.63, 3.8) is 0 Å². The van der Waals surface area contributed by atoms with Gasteiger partial charge in [-0.2, -0.15) is 0 Å². The lowest BCUT2D eigenvalue weighted by molar-refractivity contribution is 0.265. The Morgan fingerprint density at radius 1 is 1.29 bits per heavy atom. The highest BCUT2D eigenvalue weighted by Gasteiger charge is 2.19. The van der Waals surface area contributed by atoms with Gasteiger partial charge in [0.25, 0.3) is 0 Å². The van der Waals surface area contributed by atoms with Crippen molar-refractivity contribution in [2.45, 2.75) is 32.4 Å². The lowest BCUT2D eigenvalue weighted by Gasteiger charge is -2.17. The van der Waals surface area contributed by atoms with Gasteiger partial charge in [-0.05, 0) is 49.6 Å². The van der Waals surface area contributed by atoms with E-state index in [4.69, 9.17) is 5.73 Å². The maximum atomic E-state index is 13.6. The predicted molar refractivity (Wildman–Crippen MR) is 71.5 cm³/mol. The summed E-state index contributed by atoms with van der Waals surface area (Å²) in [5.74, 6) is 0. The number of hydrogen-bond donors (Lipinski definition) is 1. The molecule has 0 bridgehead atoms. The lowest BCUT2D eigenvalue weighted by atomic mass is 9.94. The molecule has 0 saturated carbocycles. The molecular formula is C15H20FN. The Hall–Kier alpha value is -1.57. The monoisotopic (exact) mass is 233 g/mol. The molecule has 1 aromatic carbocycles. The van der Waals surface area contributed by atoms with E-state index in [-0.39, 0.29) is 0 Å². The van der Waals surface area contributed by atoms with Crippen LogP contribution in [0.5, 0.6) is 0 Å². The van der Waals surface area contributed by atoms with Crippen LogP contribution < -0.4 is 5.73 Å². The number of nitrogens with two attached hydrogens (primary N) is 1. The van der Waals surface area contributed by atoms with Crippen LogP contribution in [0.25, 0.3) is 0 Å². The van der Waals surface area contributed by atoms with E-state index in [0.717, 1.165) is 12.0 Å². The summed E-state index contributed by atoms with van der Waals surface area (Å²) in [6, 6.07) is 8.09. The van der Waals surface area contributed by atoms with Crippen molar-refractivity contribution in [2.24, 2.45) is 5.73 Å². The predicted octanol–water partition coefficient (Wildman–Crippen LogP) is 3.55. The van der Waals surface area contributed by atoms with E-state index in [9.17, 15) is 4.39 Å². The average Bonchev–Trinajstić information content (AvgIpc) is 2.27. The number of allylic oxidation sites excluding steroid dienone is 2. The third-order valence-corrected chi connectivity index (χ3v) is 2.77. The first kappa shape index (κ1) is 13.5. The van der Waals surface area contributed by atoms with Crippen LogP contribution >= 0.6 is 0 Å². The molecule has 0 aromatic heterocycles. The molecule has 0 aliphatic heterocycles. The van der Waals surface area contributed by atoms with Gasteiger partial charge < -0.3 is 5.73 Å². The van der Waals surface area contributed by atoms with Crippen molar-refractivity contribution < 1.29 is 4.39 Å². The summed E-state index contributed by atoms with van der Waals surface area (Å²) in [6.45, 7) is 6.87. The summed E-state index contributed by atoms with van der Waals surface area (Å²) < 4.78 is 13.6. The summed E-state index contributed by atoms with van der Waals surface area (Å²) in [6.07, 6.45) is 4.85. The molecule has 0 aliphatic rings. The van der Waals surface area contributed by atoms with E-state index >= 15 is 0 Å². The second-order valence-electron chi connectivity index (χ2n) is 4.70. The number of halogens is 1. The first-order valence-electron chi connectivity index (χ1n) is 5.75. The van der Waals surface area contributed by atoms with E-state index in [0.29, 0.717) is 12.0 Å². The van der Waals surface area contributed by atoms with E-state index in [1.165, 1.54) is 19.4 Å². The van der Waals surface area contributed by atoms with Crippen LogP contribution in [0.4, 0.5) is 4.39 Å². The van der Waals surface area contributed by atoms with Crippen molar-refractivity contribution in [1.82, 2.24) is 0 Å². The number of benzene rings is 1. The molecule has 0 radical (unpaired) electrons. The maximum Gasteiger partial charge on any atom is 0.126 e. The molecule has 92 valence electrons. The van der Waals surface area contributed by atoms with Crippen LogP contribution in [-0.4, -0.2) is 5.67 Å². The van der Waals surface area contributed by atoms with Crippen molar-refractivity contribution in [3.8, 4) is 0 Å². The molecule has 0 saturated heterocycles. The molecule has 0 amide bonds. The van der Waals surface area contributed by atoms with Crippen molar-refractivity contribution in [2.75, 3.05) is 0 Å². The molecule has 2 N–H and O–H groups in total. The molecule has 1 aromatic rings. The van der Waals surface area contributed by atoms with Gasteiger partial charge >= 0.3 is 0 Å². The summed E-state index contributed by atoms with van der Waals surface area (Å²) in [7, 11) is 0. The Labute approximate surface area is 103 Å². The Morgan fingerprint density at radius 2 is 1.82 bits per heavy atom. The minimum atomic E-state index is -1.32. The van der Waals surface area contributed by atoms with Crippen molar-refractivity contribution in [3.05, 3.63) is 59.8 Å². The minimum Gasteiger partial charge on any atom is -0.405 e. The molecule has 0 atom stereocenters. The highest BCUT2D eigenvalue weighted by atomic mass is 19.1. The minimum absolute atomic E-state index is 0.580. The summed E-state index contributed by atoms with van der Waals surface area (Å²) in [5, 5.41) is 0. The standard InChI is InChI=1S/C15H20FN/c1-12(15(2,3)16)11-14-8-6-13(7-9-14)5-4-10-17/h4,6-10H,1,5,11,17H2,2-3H3/b10-4-. The summed E-state index contributed by atoms with van der Waals surface area (Å²) >= 11 is 0. The van der Waals surface area contributed by atoms with Gasteiger partial charge in [0.15, 0.2) is 0 Å². The molecular weight excluding hydrogens is 213 g/mol. The third-order valence-electron chi connectivity index (χ3n) is 2.77. The molecule has 17 heavy (non-hydrogen) atoms. The van der Waals surface area contributed by atoms with Crippen LogP contribution in [0, 0.1) is 0 Å². The Balaban J connectivity index is 2.66. The molecule has 1 rings (SSSR count). The van der Waals surface area contributed by atoms with Gasteiger partial charge in [0.2, 0.25) is 0 Å². The van der Waals surface area contributed by atoms with Gasteiger partial charge in [0, 0.05) is 0 Å². The molecule has 0 unspecified atom stereocenters. The van der Waals surface area contributed by atoms with Gasteiger partial charge in [-0.25, -0.2) is 4.39 Å². The molecule has 0 fully saturated rings. The highest BCUT2D eigenvalue weighted by Crippen LogP contribution is 2.22. The van der Waals surface area contributed by atoms with E-state index < -0.39 is 5.67 Å². The van der Waals surface area contributed by atoms with Gasteiger partial charge in [0.05, 0.1) is 0 Å². The Kier molecular flexibility index (Phi) is 4.50. The Bertz CT molecular complexity index is 396. The van der Waals surface area contributed by atoms with Crippen LogP contribution in [-0.2, 0) is 12.8 Å². The number of hydrogen-bond acceptors (Lipinski definition) is 1. The average molecular weight is 233 g/mol. The quantitative estimate of drug-likeness (QED) is 0.773. The second kappa shape index (κ2) is 5.67. The summed E-state index contributed by atoms with van der Waals surface area (Å²) in [4.78, 5) is 0. The molecule has 2 heteroatoms. The first-order valence-corrected chi connectivity index (χ1v) is 5.75. The van der Waals surface area contributed by atoms with E-state index in [1.807, 2.05) is 30.3 Å². The number of alkyl halides is 1. The van der Waals surface area contributed by atoms with E-state index in [2.05, 4.69) is 6.58 Å². The normalized spacial score (nSPS) is 11.9. The van der Waals surface area contributed by atoms with E-state index in [1.54, 1.807) is 6.20 Å². The molecule has 0 aliphatic carbocycles. The van der Waals surface area contributed by atoms with Gasteiger partial charge in [-0.1, -0.05) is 36.9 Å². The molecule has 0 heterocycles. The van der Waals surface area contributed by atoms with Crippen LogP contribution in [0.1, 0.15) is 25.0 Å². The SMILES string of the molecule is C=C(Cc1ccc(C/C=C\N)cc1)C(C)(C)F. The zero-order chi connectivity index (χ0) is 12.9. The fraction of sp³-hybridized carbons (Fsp3) is 0.333.